The van der Waals surface area contributed by atoms with E-state index in [2.05, 4.69) is 6.58 Å². The second-order valence-corrected chi connectivity index (χ2v) is 2.29. The molecule has 0 aromatic carbocycles. The normalized spacial score (nSPS) is 11.9. The maximum Gasteiger partial charge on any atom is 0.185 e. The molecule has 11 heavy (non-hydrogen) atoms. The van der Waals surface area contributed by atoms with E-state index >= 15 is 0 Å². The molecular weight excluding hydrogens is 148 g/mol. The zero-order valence-corrected chi connectivity index (χ0v) is 6.45. The van der Waals surface area contributed by atoms with E-state index in [1.165, 1.54) is 6.92 Å². The number of halogens is 2. The van der Waals surface area contributed by atoms with Crippen LogP contribution in [0, 0.1) is 5.41 Å². The van der Waals surface area contributed by atoms with Gasteiger partial charge in [0.1, 0.15) is 0 Å². The minimum Gasteiger partial charge on any atom is -0.302 e. The highest BCUT2D eigenvalue weighted by Gasteiger charge is 2.05. The Morgan fingerprint density at radius 3 is 2.64 bits per heavy atom. The molecule has 0 aliphatic carbocycles. The molecule has 0 aromatic rings. The van der Waals surface area contributed by atoms with Gasteiger partial charge in [0.25, 0.3) is 0 Å². The second kappa shape index (κ2) is 4.80. The summed E-state index contributed by atoms with van der Waals surface area (Å²) in [6.07, 6.45) is -0.715. The van der Waals surface area contributed by atoms with E-state index in [9.17, 15) is 8.78 Å². The molecule has 0 aromatic heterocycles. The van der Waals surface area contributed by atoms with Crippen molar-refractivity contribution in [3.8, 4) is 0 Å². The summed E-state index contributed by atoms with van der Waals surface area (Å²) in [7, 11) is 0. The lowest BCUT2D eigenvalue weighted by Crippen LogP contribution is -2.01. The smallest absolute Gasteiger partial charge is 0.185 e. The number of nitrogens with one attached hydrogen (secondary N) is 1. The monoisotopic (exact) mass is 159 g/mol. The van der Waals surface area contributed by atoms with Crippen LogP contribution in [0.4, 0.5) is 8.78 Å². The molecule has 0 heterocycles. The first kappa shape index (κ1) is 10.0. The van der Waals surface area contributed by atoms with Gasteiger partial charge < -0.3 is 5.41 Å². The van der Waals surface area contributed by atoms with Crippen molar-refractivity contribution in [1.82, 2.24) is 0 Å². The van der Waals surface area contributed by atoms with Crippen molar-refractivity contribution >= 4 is 5.71 Å². The Bertz CT molecular complexity index is 190. The third-order valence-corrected chi connectivity index (χ3v) is 1.21. The Labute approximate surface area is 64.9 Å². The molecule has 1 N–H and O–H groups in total. The van der Waals surface area contributed by atoms with Crippen LogP contribution < -0.4 is 0 Å². The quantitative estimate of drug-likeness (QED) is 0.481. The molecule has 0 rings (SSSR count). The highest BCUT2D eigenvalue weighted by atomic mass is 19.1. The van der Waals surface area contributed by atoms with Crippen LogP contribution in [0.1, 0.15) is 19.8 Å². The van der Waals surface area contributed by atoms with Crippen LogP contribution in [0.25, 0.3) is 0 Å². The molecule has 0 radical (unpaired) electrons. The number of alkyl halides is 1. The molecule has 0 aliphatic heterocycles. The highest BCUT2D eigenvalue weighted by Crippen LogP contribution is 2.06. The van der Waals surface area contributed by atoms with Crippen LogP contribution in [0.2, 0.25) is 0 Å². The lowest BCUT2D eigenvalue weighted by molar-refractivity contribution is 0.345. The van der Waals surface area contributed by atoms with Crippen LogP contribution in [0.3, 0.4) is 0 Å². The van der Waals surface area contributed by atoms with Gasteiger partial charge in [0.2, 0.25) is 0 Å². The van der Waals surface area contributed by atoms with Crippen molar-refractivity contribution in [3.05, 3.63) is 18.1 Å². The van der Waals surface area contributed by atoms with E-state index in [1.54, 1.807) is 0 Å². The van der Waals surface area contributed by atoms with Crippen molar-refractivity contribution in [2.45, 2.75) is 25.9 Å². The van der Waals surface area contributed by atoms with E-state index < -0.39 is 12.0 Å². The fraction of sp³-hybridized carbons (Fsp3) is 0.500. The largest absolute Gasteiger partial charge is 0.302 e. The number of hydrogen-bond donors (Lipinski definition) is 1. The summed E-state index contributed by atoms with van der Waals surface area (Å²) in [5, 5.41) is 7.01. The molecule has 1 unspecified atom stereocenters. The van der Waals surface area contributed by atoms with E-state index in [-0.39, 0.29) is 18.6 Å². The average Bonchev–Trinajstić information content (AvgIpc) is 1.98. The Balaban J connectivity index is 3.80. The fourth-order valence-electron chi connectivity index (χ4n) is 0.560. The van der Waals surface area contributed by atoms with Crippen molar-refractivity contribution in [1.29, 1.82) is 5.41 Å². The van der Waals surface area contributed by atoms with Crippen LogP contribution >= 0.6 is 0 Å². The number of hydrogen-bond acceptors (Lipinski definition) is 1. The molecule has 0 saturated heterocycles. The lowest BCUT2D eigenvalue weighted by atomic mass is 10.1. The van der Waals surface area contributed by atoms with Gasteiger partial charge in [-0.25, -0.2) is 4.39 Å². The summed E-state index contributed by atoms with van der Waals surface area (Å²) in [6, 6.07) is 0. The molecule has 0 spiro atoms. The standard InChI is InChI=1S/C8H11F2N/c1-3-7(10)8(11)5-4-6(2)9/h6,11H,1,4-5H2,2H3. The molecule has 1 nitrogen and oxygen atoms in total. The van der Waals surface area contributed by atoms with Gasteiger partial charge >= 0.3 is 0 Å². The minimum absolute atomic E-state index is 0.103. The third-order valence-electron chi connectivity index (χ3n) is 1.21. The Morgan fingerprint density at radius 1 is 1.73 bits per heavy atom. The Kier molecular flexibility index (Phi) is 4.39. The SMILES string of the molecule is C=C=C(F)C(=N)CCC(C)F. The zero-order valence-electron chi connectivity index (χ0n) is 6.45. The maximum atomic E-state index is 12.4. The Hall–Kier alpha value is -0.950. The van der Waals surface area contributed by atoms with Crippen LogP contribution in [0.5, 0.6) is 0 Å². The summed E-state index contributed by atoms with van der Waals surface area (Å²) < 4.78 is 24.5. The summed E-state index contributed by atoms with van der Waals surface area (Å²) >= 11 is 0. The predicted octanol–water partition coefficient (Wildman–Crippen LogP) is 2.78. The van der Waals surface area contributed by atoms with Crippen LogP contribution in [-0.2, 0) is 0 Å². The number of allylic oxidation sites excluding steroid dienone is 1. The molecule has 0 amide bonds. The van der Waals surface area contributed by atoms with Crippen LogP contribution in [0.15, 0.2) is 18.1 Å². The van der Waals surface area contributed by atoms with Crippen molar-refractivity contribution in [2.75, 3.05) is 0 Å². The van der Waals surface area contributed by atoms with E-state index in [1.807, 2.05) is 5.73 Å². The summed E-state index contributed by atoms with van der Waals surface area (Å²) in [5.74, 6) is -0.786. The van der Waals surface area contributed by atoms with Gasteiger partial charge in [0, 0.05) is 0 Å². The predicted molar refractivity (Wildman–Crippen MR) is 41.3 cm³/mol. The Morgan fingerprint density at radius 2 is 2.27 bits per heavy atom. The first-order chi connectivity index (χ1) is 5.07. The van der Waals surface area contributed by atoms with Gasteiger partial charge in [0.05, 0.1) is 11.9 Å². The number of rotatable bonds is 4. The van der Waals surface area contributed by atoms with E-state index in [0.29, 0.717) is 0 Å². The molecule has 1 atom stereocenters. The molecule has 0 fully saturated rings. The van der Waals surface area contributed by atoms with E-state index in [4.69, 9.17) is 5.41 Å². The van der Waals surface area contributed by atoms with Gasteiger partial charge in [-0.2, -0.15) is 4.39 Å². The molecule has 3 heteroatoms. The van der Waals surface area contributed by atoms with Crippen molar-refractivity contribution in [3.63, 3.8) is 0 Å². The first-order valence-electron chi connectivity index (χ1n) is 3.35. The minimum atomic E-state index is -0.993. The fourth-order valence-corrected chi connectivity index (χ4v) is 0.560. The molecule has 0 saturated carbocycles. The summed E-state index contributed by atoms with van der Waals surface area (Å²) in [5.41, 5.74) is 1.71. The lowest BCUT2D eigenvalue weighted by Gasteiger charge is -1.99. The molecule has 0 aliphatic rings. The molecule has 0 bridgehead atoms. The van der Waals surface area contributed by atoms with E-state index in [0.717, 1.165) is 0 Å². The first-order valence-corrected chi connectivity index (χ1v) is 3.35. The zero-order chi connectivity index (χ0) is 8.85. The van der Waals surface area contributed by atoms with Crippen LogP contribution in [-0.4, -0.2) is 11.9 Å². The topological polar surface area (TPSA) is 23.9 Å². The van der Waals surface area contributed by atoms with Gasteiger partial charge in [-0.1, -0.05) is 12.3 Å². The third kappa shape index (κ3) is 4.45. The summed E-state index contributed by atoms with van der Waals surface area (Å²) in [6.45, 7) is 4.41. The highest BCUT2D eigenvalue weighted by molar-refractivity contribution is 5.95. The molecular formula is C8H11F2N. The van der Waals surface area contributed by atoms with Gasteiger partial charge in [-0.05, 0) is 19.8 Å². The van der Waals surface area contributed by atoms with Gasteiger partial charge in [-0.3, -0.25) is 0 Å². The second-order valence-electron chi connectivity index (χ2n) is 2.29. The summed E-state index contributed by atoms with van der Waals surface area (Å²) in [4.78, 5) is 0. The molecule has 62 valence electrons. The van der Waals surface area contributed by atoms with Gasteiger partial charge in [0.15, 0.2) is 5.83 Å². The average molecular weight is 159 g/mol. The maximum absolute atomic E-state index is 12.4. The van der Waals surface area contributed by atoms with Gasteiger partial charge in [-0.15, -0.1) is 0 Å². The van der Waals surface area contributed by atoms with Crippen molar-refractivity contribution < 1.29 is 8.78 Å². The van der Waals surface area contributed by atoms with Crippen molar-refractivity contribution in [2.24, 2.45) is 0 Å².